The lowest BCUT2D eigenvalue weighted by Gasteiger charge is -2.28. The molecule has 1 fully saturated rings. The van der Waals surface area contributed by atoms with E-state index in [1.807, 2.05) is 84.9 Å². The Morgan fingerprint density at radius 2 is 1.61 bits per heavy atom. The molecule has 0 spiro atoms. The predicted molar refractivity (Wildman–Crippen MR) is 145 cm³/mol. The van der Waals surface area contributed by atoms with Crippen molar-refractivity contribution in [2.75, 3.05) is 20.3 Å². The van der Waals surface area contributed by atoms with Gasteiger partial charge in [-0.05, 0) is 35.1 Å². The first-order valence-corrected chi connectivity index (χ1v) is 12.9. The quantitative estimate of drug-likeness (QED) is 0.424. The zero-order valence-corrected chi connectivity index (χ0v) is 21.5. The Morgan fingerprint density at radius 1 is 1.00 bits per heavy atom. The average molecular weight is 512 g/mol. The summed E-state index contributed by atoms with van der Waals surface area (Å²) in [5, 5.41) is 15.1. The zero-order valence-electron chi connectivity index (χ0n) is 21.5. The van der Waals surface area contributed by atoms with Crippen LogP contribution in [0.5, 0.6) is 0 Å². The van der Waals surface area contributed by atoms with Crippen molar-refractivity contribution >= 4 is 11.9 Å². The van der Waals surface area contributed by atoms with E-state index in [1.54, 1.807) is 0 Å². The highest BCUT2D eigenvalue weighted by Gasteiger charge is 2.33. The van der Waals surface area contributed by atoms with Crippen molar-refractivity contribution in [1.29, 1.82) is 5.26 Å². The number of alkyl carbamates (subject to hydrolysis) is 1. The van der Waals surface area contributed by atoms with Crippen molar-refractivity contribution in [1.82, 2.24) is 10.6 Å². The van der Waals surface area contributed by atoms with E-state index < -0.39 is 12.1 Å². The summed E-state index contributed by atoms with van der Waals surface area (Å²) in [6.45, 7) is 1.00. The van der Waals surface area contributed by atoms with Gasteiger partial charge in [0.15, 0.2) is 5.78 Å². The maximum absolute atomic E-state index is 13.9. The number of carbonyl (C=O) groups excluding carboxylic acids is 2. The van der Waals surface area contributed by atoms with E-state index in [9.17, 15) is 9.59 Å². The second kappa shape index (κ2) is 13.5. The smallest absolute Gasteiger partial charge is 0.407 e. The summed E-state index contributed by atoms with van der Waals surface area (Å²) in [5.41, 5.74) is 3.85. The second-order valence-corrected chi connectivity index (χ2v) is 9.41. The second-order valence-electron chi connectivity index (χ2n) is 9.41. The van der Waals surface area contributed by atoms with E-state index >= 15 is 0 Å². The van der Waals surface area contributed by atoms with Gasteiger partial charge in [0.2, 0.25) is 0 Å². The van der Waals surface area contributed by atoms with E-state index in [2.05, 4.69) is 16.7 Å². The summed E-state index contributed by atoms with van der Waals surface area (Å²) >= 11 is 0. The van der Waals surface area contributed by atoms with E-state index in [4.69, 9.17) is 14.7 Å². The van der Waals surface area contributed by atoms with Gasteiger partial charge in [-0.25, -0.2) is 4.79 Å². The number of benzene rings is 3. The molecule has 38 heavy (non-hydrogen) atoms. The molecule has 1 heterocycles. The predicted octanol–water partition coefficient (Wildman–Crippen LogP) is 4.17. The maximum Gasteiger partial charge on any atom is 0.407 e. The Balaban J connectivity index is 1.56. The lowest BCUT2D eigenvalue weighted by Crippen LogP contribution is -2.46. The standard InChI is InChI=1S/C31H33N3O4/c1-37-31(36)34-30(29(23-11-4-2-5-12-23)24-13-6-3-7-14-24)28(35)18-25-15-9-8-10-22(25)16-17-27-20-33-26(19-32)21-38-27/h2-15,26-27,29-30,33H,16-18,20-21H2,1H3,(H,34,36)/t26-,27-,30-/m1/s1. The van der Waals surface area contributed by atoms with Crippen LogP contribution in [0.15, 0.2) is 84.9 Å². The molecule has 0 saturated carbocycles. The van der Waals surface area contributed by atoms with Crippen LogP contribution in [-0.4, -0.2) is 50.3 Å². The summed E-state index contributed by atoms with van der Waals surface area (Å²) in [4.78, 5) is 26.4. The number of ether oxygens (including phenoxy) is 2. The summed E-state index contributed by atoms with van der Waals surface area (Å²) in [7, 11) is 1.30. The van der Waals surface area contributed by atoms with E-state index in [0.29, 0.717) is 13.2 Å². The van der Waals surface area contributed by atoms with Gasteiger partial charge in [0.25, 0.3) is 0 Å². The van der Waals surface area contributed by atoms with Gasteiger partial charge in [-0.15, -0.1) is 0 Å². The Hall–Kier alpha value is -3.99. The molecule has 1 amide bonds. The highest BCUT2D eigenvalue weighted by atomic mass is 16.5. The third-order valence-electron chi connectivity index (χ3n) is 6.92. The number of aryl methyl sites for hydroxylation is 1. The molecule has 1 saturated heterocycles. The van der Waals surface area contributed by atoms with Crippen molar-refractivity contribution < 1.29 is 19.1 Å². The van der Waals surface area contributed by atoms with Gasteiger partial charge in [-0.2, -0.15) is 5.26 Å². The number of methoxy groups -OCH3 is 1. The molecule has 196 valence electrons. The van der Waals surface area contributed by atoms with Crippen molar-refractivity contribution in [2.24, 2.45) is 0 Å². The van der Waals surface area contributed by atoms with Crippen molar-refractivity contribution in [3.8, 4) is 6.07 Å². The van der Waals surface area contributed by atoms with E-state index in [-0.39, 0.29) is 30.3 Å². The zero-order chi connectivity index (χ0) is 26.7. The lowest BCUT2D eigenvalue weighted by molar-refractivity contribution is -0.120. The van der Waals surface area contributed by atoms with Gasteiger partial charge in [-0.1, -0.05) is 84.9 Å². The first-order valence-electron chi connectivity index (χ1n) is 12.9. The number of rotatable bonds is 10. The summed E-state index contributed by atoms with van der Waals surface area (Å²) < 4.78 is 10.7. The Labute approximate surface area is 223 Å². The van der Waals surface area contributed by atoms with Crippen LogP contribution in [0.4, 0.5) is 4.79 Å². The Kier molecular flexibility index (Phi) is 9.63. The topological polar surface area (TPSA) is 100 Å². The van der Waals surface area contributed by atoms with Crippen LogP contribution >= 0.6 is 0 Å². The third kappa shape index (κ3) is 7.06. The van der Waals surface area contributed by atoms with E-state index in [0.717, 1.165) is 35.1 Å². The summed E-state index contributed by atoms with van der Waals surface area (Å²) in [6, 6.07) is 28.5. The first kappa shape index (κ1) is 27.1. The van der Waals surface area contributed by atoms with Crippen LogP contribution in [0.1, 0.15) is 34.6 Å². The fourth-order valence-corrected chi connectivity index (χ4v) is 4.91. The number of hydrogen-bond donors (Lipinski definition) is 2. The normalized spacial score (nSPS) is 17.8. The number of morpholine rings is 1. The molecule has 1 aliphatic rings. The first-order chi connectivity index (χ1) is 18.6. The molecule has 0 unspecified atom stereocenters. The highest BCUT2D eigenvalue weighted by Crippen LogP contribution is 2.30. The van der Waals surface area contributed by atoms with Crippen LogP contribution in [0.3, 0.4) is 0 Å². The molecule has 3 atom stereocenters. The third-order valence-corrected chi connectivity index (χ3v) is 6.92. The van der Waals surface area contributed by atoms with Crippen LogP contribution < -0.4 is 10.6 Å². The fourth-order valence-electron chi connectivity index (χ4n) is 4.91. The molecule has 0 radical (unpaired) electrons. The molecule has 3 aromatic carbocycles. The van der Waals surface area contributed by atoms with Gasteiger partial charge < -0.3 is 14.8 Å². The minimum Gasteiger partial charge on any atom is -0.453 e. The molecule has 3 aromatic rings. The van der Waals surface area contributed by atoms with E-state index in [1.165, 1.54) is 7.11 Å². The number of nitrogens with zero attached hydrogens (tertiary/aromatic N) is 1. The number of amides is 1. The Bertz CT molecular complexity index is 1200. The number of carbonyl (C=O) groups is 2. The van der Waals surface area contributed by atoms with Gasteiger partial charge in [0, 0.05) is 18.9 Å². The molecular formula is C31H33N3O4. The van der Waals surface area contributed by atoms with Gasteiger partial charge in [0.1, 0.15) is 12.1 Å². The molecule has 2 N–H and O–H groups in total. The molecular weight excluding hydrogens is 478 g/mol. The average Bonchev–Trinajstić information content (AvgIpc) is 2.97. The van der Waals surface area contributed by atoms with Gasteiger partial charge >= 0.3 is 6.09 Å². The SMILES string of the molecule is COC(=O)N[C@H](C(=O)Cc1ccccc1CC[C@@H]1CN[C@H](C#N)CO1)C(c1ccccc1)c1ccccc1. The van der Waals surface area contributed by atoms with Crippen LogP contribution in [0.25, 0.3) is 0 Å². The van der Waals surface area contributed by atoms with Crippen molar-refractivity contribution in [2.45, 2.75) is 43.4 Å². The van der Waals surface area contributed by atoms with Gasteiger partial charge in [0.05, 0.1) is 25.9 Å². The molecule has 1 aliphatic heterocycles. The molecule has 0 aliphatic carbocycles. The molecule has 0 bridgehead atoms. The molecule has 4 rings (SSSR count). The van der Waals surface area contributed by atoms with Crippen LogP contribution in [0.2, 0.25) is 0 Å². The van der Waals surface area contributed by atoms with Crippen LogP contribution in [-0.2, 0) is 27.1 Å². The van der Waals surface area contributed by atoms with Gasteiger partial charge in [-0.3, -0.25) is 10.1 Å². The minimum atomic E-state index is -0.825. The van der Waals surface area contributed by atoms with Crippen molar-refractivity contribution in [3.63, 3.8) is 0 Å². The highest BCUT2D eigenvalue weighted by molar-refractivity contribution is 5.90. The Morgan fingerprint density at radius 3 is 2.16 bits per heavy atom. The lowest BCUT2D eigenvalue weighted by atomic mass is 9.81. The number of hydrogen-bond acceptors (Lipinski definition) is 6. The molecule has 0 aromatic heterocycles. The summed E-state index contributed by atoms with van der Waals surface area (Å²) in [6.07, 6.45) is 1.05. The monoisotopic (exact) mass is 511 g/mol. The fraction of sp³-hybridized carbons (Fsp3) is 0.323. The number of Topliss-reactive ketones (excluding diaryl/α,β-unsaturated/α-hetero) is 1. The minimum absolute atomic E-state index is 0.0117. The number of ketones is 1. The van der Waals surface area contributed by atoms with Crippen LogP contribution in [0, 0.1) is 11.3 Å². The maximum atomic E-state index is 13.9. The largest absolute Gasteiger partial charge is 0.453 e. The van der Waals surface area contributed by atoms with Crippen molar-refractivity contribution in [3.05, 3.63) is 107 Å². The number of nitrogens with one attached hydrogen (secondary N) is 2. The molecule has 7 nitrogen and oxygen atoms in total. The molecule has 7 heteroatoms. The summed E-state index contributed by atoms with van der Waals surface area (Å²) in [5.74, 6) is -0.487. The number of nitriles is 1.